The van der Waals surface area contributed by atoms with Gasteiger partial charge in [-0.1, -0.05) is 75.2 Å². The van der Waals surface area contributed by atoms with E-state index < -0.39 is 40.7 Å². The second-order valence-corrected chi connectivity index (χ2v) is 12.6. The minimum Gasteiger partial charge on any atom is -0.321 e. The Bertz CT molecular complexity index is 1610. The Labute approximate surface area is 285 Å². The Morgan fingerprint density at radius 1 is 0.596 bits per heavy atom. The minimum atomic E-state index is -5.86. The maximum Gasteiger partial charge on any atom is 0.411 e. The second kappa shape index (κ2) is 14.6. The molecule has 0 aliphatic heterocycles. The molecule has 0 bridgehead atoms. The van der Waals surface area contributed by atoms with Crippen molar-refractivity contribution in [3.8, 4) is 0 Å². The molecule has 0 aliphatic rings. The summed E-state index contributed by atoms with van der Waals surface area (Å²) in [6.45, 7) is 3.45. The summed E-state index contributed by atoms with van der Waals surface area (Å²) in [5.74, 6) is -1.15. The van der Waals surface area contributed by atoms with Crippen LogP contribution in [0.1, 0.15) is 69.7 Å². The molecule has 0 fully saturated rings. The van der Waals surface area contributed by atoms with E-state index in [-0.39, 0.29) is 55.4 Å². The molecule has 248 valence electrons. The van der Waals surface area contributed by atoms with E-state index in [1.54, 1.807) is 50.2 Å². The first-order chi connectivity index (χ1) is 22.1. The van der Waals surface area contributed by atoms with Crippen LogP contribution in [0.5, 0.6) is 0 Å². The van der Waals surface area contributed by atoms with Crippen molar-refractivity contribution in [2.45, 2.75) is 57.3 Å². The molecule has 2 N–H and O–H groups in total. The lowest BCUT2D eigenvalue weighted by Crippen LogP contribution is -2.55. The monoisotopic (exact) mass is 782 g/mol. The summed E-state index contributed by atoms with van der Waals surface area (Å²) < 4.78 is 91.6. The Morgan fingerprint density at radius 2 is 0.936 bits per heavy atom. The number of benzene rings is 4. The Hall–Kier alpha value is -3.64. The zero-order valence-electron chi connectivity index (χ0n) is 25.3. The maximum atomic E-state index is 15.3. The van der Waals surface area contributed by atoms with Crippen LogP contribution in [0.25, 0.3) is 0 Å². The molecule has 0 radical (unpaired) electrons. The molecule has 0 unspecified atom stereocenters. The Kier molecular flexibility index (Phi) is 11.3. The van der Waals surface area contributed by atoms with Crippen molar-refractivity contribution in [2.24, 2.45) is 0 Å². The molecule has 2 amide bonds. The van der Waals surface area contributed by atoms with Gasteiger partial charge in [-0.3, -0.25) is 9.59 Å². The third-order valence-corrected chi connectivity index (χ3v) is 8.90. The zero-order valence-corrected chi connectivity index (χ0v) is 28.4. The highest BCUT2D eigenvalue weighted by molar-refractivity contribution is 9.11. The largest absolute Gasteiger partial charge is 0.411 e. The van der Waals surface area contributed by atoms with Gasteiger partial charge in [-0.2, -0.15) is 26.3 Å². The molecule has 0 spiro atoms. The van der Waals surface area contributed by atoms with Crippen LogP contribution in [0.3, 0.4) is 0 Å². The first-order valence-corrected chi connectivity index (χ1v) is 16.3. The molecule has 4 rings (SSSR count). The molecule has 0 atom stereocenters. The average molecular weight is 784 g/mol. The average Bonchev–Trinajstić information content (AvgIpc) is 3.00. The van der Waals surface area contributed by atoms with Crippen molar-refractivity contribution in [1.29, 1.82) is 0 Å². The topological polar surface area (TPSA) is 58.2 Å². The summed E-state index contributed by atoms with van der Waals surface area (Å²) in [6, 6.07) is 19.3. The van der Waals surface area contributed by atoms with E-state index in [2.05, 4.69) is 42.5 Å². The van der Waals surface area contributed by atoms with E-state index in [4.69, 9.17) is 0 Å². The van der Waals surface area contributed by atoms with Gasteiger partial charge in [-0.15, -0.1) is 0 Å². The maximum absolute atomic E-state index is 15.3. The normalized spacial score (nSPS) is 12.1. The number of hydrogen-bond donors (Lipinski definition) is 2. The quantitative estimate of drug-likeness (QED) is 0.157. The number of aryl methyl sites for hydroxylation is 2. The van der Waals surface area contributed by atoms with Crippen molar-refractivity contribution in [2.75, 3.05) is 10.6 Å². The zero-order chi connectivity index (χ0) is 34.6. The van der Waals surface area contributed by atoms with E-state index in [1.807, 2.05) is 0 Å². The second-order valence-electron chi connectivity index (χ2n) is 10.9. The van der Waals surface area contributed by atoms with Crippen LogP contribution < -0.4 is 10.6 Å². The fourth-order valence-electron chi connectivity index (χ4n) is 5.51. The van der Waals surface area contributed by atoms with E-state index in [1.165, 1.54) is 24.3 Å². The highest BCUT2D eigenvalue weighted by Crippen LogP contribution is 2.58. The smallest absolute Gasteiger partial charge is 0.321 e. The first-order valence-electron chi connectivity index (χ1n) is 14.7. The number of hydrogen-bond acceptors (Lipinski definition) is 2. The lowest BCUT2D eigenvalue weighted by molar-refractivity contribution is -0.288. The van der Waals surface area contributed by atoms with Crippen LogP contribution in [0.15, 0.2) is 93.9 Å². The number of carbonyl (C=O) groups excluding carboxylic acids is 2. The highest BCUT2D eigenvalue weighted by Gasteiger charge is 2.72. The number of carbonyl (C=O) groups is 2. The molecule has 0 saturated heterocycles. The van der Waals surface area contributed by atoms with Crippen LogP contribution in [0.4, 0.5) is 37.7 Å². The molecular weight excluding hydrogens is 754 g/mol. The predicted molar refractivity (Wildman–Crippen MR) is 178 cm³/mol. The first kappa shape index (κ1) is 36.2. The van der Waals surface area contributed by atoms with Crippen molar-refractivity contribution in [1.82, 2.24) is 0 Å². The lowest BCUT2D eigenvalue weighted by Gasteiger charge is -2.39. The summed E-state index contributed by atoms with van der Waals surface area (Å²) in [4.78, 5) is 25.9. The highest BCUT2D eigenvalue weighted by atomic mass is 79.9. The molecule has 4 aromatic rings. The van der Waals surface area contributed by atoms with Crippen LogP contribution >= 0.6 is 31.9 Å². The summed E-state index contributed by atoms with van der Waals surface area (Å²) >= 11 is 6.35. The van der Waals surface area contributed by atoms with Gasteiger partial charge in [0.15, 0.2) is 0 Å². The van der Waals surface area contributed by atoms with Crippen molar-refractivity contribution >= 4 is 55.0 Å². The molecule has 0 heterocycles. The van der Waals surface area contributed by atoms with Gasteiger partial charge in [0.25, 0.3) is 11.8 Å². The van der Waals surface area contributed by atoms with E-state index in [0.717, 1.165) is 24.3 Å². The fraction of sp³-hybridized carbons (Fsp3) is 0.257. The van der Waals surface area contributed by atoms with E-state index >= 15 is 26.3 Å². The van der Waals surface area contributed by atoms with Crippen LogP contribution in [-0.4, -0.2) is 24.2 Å². The molecular formula is C35H30Br2F6N2O2. The van der Waals surface area contributed by atoms with Gasteiger partial charge in [-0.05, 0) is 103 Å². The van der Waals surface area contributed by atoms with Crippen molar-refractivity contribution in [3.05, 3.63) is 127 Å². The van der Waals surface area contributed by atoms with Gasteiger partial charge in [-0.25, -0.2) is 0 Å². The number of nitrogens with one attached hydrogen (secondary N) is 2. The minimum absolute atomic E-state index is 0.0783. The molecule has 0 aliphatic carbocycles. The van der Waals surface area contributed by atoms with Gasteiger partial charge < -0.3 is 10.6 Å². The molecule has 12 heteroatoms. The number of alkyl halides is 6. The van der Waals surface area contributed by atoms with Gasteiger partial charge in [0.2, 0.25) is 5.41 Å². The Morgan fingerprint density at radius 3 is 1.23 bits per heavy atom. The van der Waals surface area contributed by atoms with Crippen LogP contribution in [-0.2, 0) is 18.3 Å². The number of rotatable bonds is 10. The predicted octanol–water partition coefficient (Wildman–Crippen LogP) is 11.0. The van der Waals surface area contributed by atoms with Crippen molar-refractivity contribution in [3.63, 3.8) is 0 Å². The number of amides is 2. The van der Waals surface area contributed by atoms with E-state index in [9.17, 15) is 9.59 Å². The van der Waals surface area contributed by atoms with E-state index in [0.29, 0.717) is 12.8 Å². The third kappa shape index (κ3) is 7.43. The van der Waals surface area contributed by atoms with Gasteiger partial charge >= 0.3 is 12.4 Å². The van der Waals surface area contributed by atoms with Gasteiger partial charge in [0.1, 0.15) is 0 Å². The standard InChI is InChI=1S/C35H30Br2F6N2O2/c1-3-11-23-17-25(19-27(36)29(23)44-31(46)21-13-7-5-8-14-21)33(34(38,39)40,35(41,42)43)26-18-24(12-4-2)30(28(37)20-26)45-32(47)22-15-9-6-10-16-22/h5-10,13-20H,3-4,11-12H2,1-2H3,(H,44,46)(H,45,47). The Balaban J connectivity index is 1.95. The number of anilines is 2. The van der Waals surface area contributed by atoms with Crippen LogP contribution in [0.2, 0.25) is 0 Å². The van der Waals surface area contributed by atoms with Crippen molar-refractivity contribution < 1.29 is 35.9 Å². The summed E-state index contributed by atoms with van der Waals surface area (Å²) in [5, 5.41) is 5.31. The SMILES string of the molecule is CCCc1cc(C(c2cc(Br)c(NC(=O)c3ccccc3)c(CCC)c2)(C(F)(F)F)C(F)(F)F)cc(Br)c1NC(=O)c1ccccc1. The molecule has 47 heavy (non-hydrogen) atoms. The summed E-state index contributed by atoms with van der Waals surface area (Å²) in [5.41, 5.74) is -5.74. The summed E-state index contributed by atoms with van der Waals surface area (Å²) in [6.07, 6.45) is -10.8. The fourth-order valence-corrected chi connectivity index (χ4v) is 6.71. The van der Waals surface area contributed by atoms with Gasteiger partial charge in [0.05, 0.1) is 11.4 Å². The molecule has 0 aromatic heterocycles. The van der Waals surface area contributed by atoms with Gasteiger partial charge in [0, 0.05) is 20.1 Å². The molecule has 4 nitrogen and oxygen atoms in total. The lowest BCUT2D eigenvalue weighted by atomic mass is 9.71. The molecule has 0 saturated carbocycles. The molecule has 4 aromatic carbocycles. The number of halogens is 8. The third-order valence-electron chi connectivity index (χ3n) is 7.65. The van der Waals surface area contributed by atoms with Crippen LogP contribution in [0, 0.1) is 0 Å². The summed E-state index contributed by atoms with van der Waals surface area (Å²) in [7, 11) is 0.